The fraction of sp³-hybridized carbons (Fsp3) is 0.333. The van der Waals surface area contributed by atoms with Crippen LogP contribution in [0.1, 0.15) is 25.3 Å². The van der Waals surface area contributed by atoms with Crippen molar-refractivity contribution in [2.75, 3.05) is 0 Å². The van der Waals surface area contributed by atoms with Crippen LogP contribution in [-0.2, 0) is 16.0 Å². The van der Waals surface area contributed by atoms with Gasteiger partial charge in [-0.2, -0.15) is 0 Å². The van der Waals surface area contributed by atoms with Gasteiger partial charge in [0, 0.05) is 29.9 Å². The Morgan fingerprint density at radius 2 is 1.95 bits per heavy atom. The van der Waals surface area contributed by atoms with Crippen molar-refractivity contribution in [2.24, 2.45) is 5.73 Å². The van der Waals surface area contributed by atoms with Gasteiger partial charge in [-0.15, -0.1) is 0 Å². The van der Waals surface area contributed by atoms with E-state index in [4.69, 9.17) is 15.9 Å². The highest BCUT2D eigenvalue weighted by Crippen LogP contribution is 2.18. The third-order valence-electron chi connectivity index (χ3n) is 2.90. The molecule has 21 heavy (non-hydrogen) atoms. The molecule has 0 bridgehead atoms. The third kappa shape index (κ3) is 5.27. The Kier molecular flexibility index (Phi) is 6.42. The van der Waals surface area contributed by atoms with E-state index in [1.165, 1.54) is 0 Å². The molecule has 0 amide bonds. The molecule has 0 aliphatic heterocycles. The smallest absolute Gasteiger partial charge is 0.320 e. The van der Waals surface area contributed by atoms with Crippen LogP contribution >= 0.6 is 0 Å². The number of aliphatic carboxylic acids is 2. The average molecular weight is 292 g/mol. The molecule has 1 aromatic carbocycles. The zero-order valence-electron chi connectivity index (χ0n) is 11.9. The van der Waals surface area contributed by atoms with Gasteiger partial charge in [0.1, 0.15) is 6.04 Å². The quantitative estimate of drug-likeness (QED) is 0.672. The Morgan fingerprint density at radius 1 is 1.29 bits per heavy atom. The zero-order valence-corrected chi connectivity index (χ0v) is 11.9. The van der Waals surface area contributed by atoms with Gasteiger partial charge in [-0.25, -0.2) is 0 Å². The summed E-state index contributed by atoms with van der Waals surface area (Å²) in [7, 11) is 0. The lowest BCUT2D eigenvalue weighted by Gasteiger charge is -2.04. The first kappa shape index (κ1) is 16.7. The fourth-order valence-corrected chi connectivity index (χ4v) is 1.84. The lowest BCUT2D eigenvalue weighted by Crippen LogP contribution is -2.32. The van der Waals surface area contributed by atoms with Crippen molar-refractivity contribution in [3.05, 3.63) is 36.0 Å². The van der Waals surface area contributed by atoms with Gasteiger partial charge in [0.15, 0.2) is 0 Å². The molecule has 6 nitrogen and oxygen atoms in total. The number of benzene rings is 1. The van der Waals surface area contributed by atoms with Crippen LogP contribution in [0.3, 0.4) is 0 Å². The number of carbonyl (C=O) groups is 2. The summed E-state index contributed by atoms with van der Waals surface area (Å²) in [6, 6.07) is 6.91. The largest absolute Gasteiger partial charge is 0.481 e. The van der Waals surface area contributed by atoms with Crippen molar-refractivity contribution in [1.82, 2.24) is 4.98 Å². The van der Waals surface area contributed by atoms with Gasteiger partial charge < -0.3 is 20.9 Å². The number of hydrogen-bond donors (Lipinski definition) is 4. The molecule has 0 fully saturated rings. The fourth-order valence-electron chi connectivity index (χ4n) is 1.84. The predicted molar refractivity (Wildman–Crippen MR) is 80.2 cm³/mol. The Hall–Kier alpha value is -2.34. The van der Waals surface area contributed by atoms with E-state index < -0.39 is 18.0 Å². The van der Waals surface area contributed by atoms with Gasteiger partial charge in [-0.05, 0) is 18.1 Å². The second-order valence-electron chi connectivity index (χ2n) is 4.65. The summed E-state index contributed by atoms with van der Waals surface area (Å²) in [5.74, 6) is -1.68. The molecule has 0 radical (unpaired) electrons. The maximum absolute atomic E-state index is 10.6. The number of nitrogens with two attached hydrogens (primary N) is 1. The summed E-state index contributed by atoms with van der Waals surface area (Å²) in [5, 5.41) is 17.7. The number of fused-ring (bicyclic) bond motifs is 1. The summed E-state index contributed by atoms with van der Waals surface area (Å²) in [6.45, 7) is 1.84. The summed E-state index contributed by atoms with van der Waals surface area (Å²) >= 11 is 0. The van der Waals surface area contributed by atoms with E-state index in [-0.39, 0.29) is 0 Å². The molecule has 1 heterocycles. The molecule has 1 atom stereocenters. The molecule has 2 rings (SSSR count). The maximum atomic E-state index is 10.6. The highest BCUT2D eigenvalue weighted by Gasteiger charge is 2.14. The number of aromatic amines is 1. The summed E-state index contributed by atoms with van der Waals surface area (Å²) in [4.78, 5) is 23.3. The number of rotatable bonds is 5. The second-order valence-corrected chi connectivity index (χ2v) is 4.65. The van der Waals surface area contributed by atoms with Gasteiger partial charge >= 0.3 is 11.9 Å². The molecule has 114 valence electrons. The van der Waals surface area contributed by atoms with E-state index in [9.17, 15) is 9.59 Å². The number of aromatic nitrogens is 1. The lowest BCUT2D eigenvalue weighted by atomic mass is 10.1. The maximum Gasteiger partial charge on any atom is 0.320 e. The molecule has 2 aromatic rings. The van der Waals surface area contributed by atoms with Crippen molar-refractivity contribution >= 4 is 22.8 Å². The van der Waals surface area contributed by atoms with Crippen molar-refractivity contribution < 1.29 is 19.8 Å². The molecule has 0 saturated carbocycles. The highest BCUT2D eigenvalue weighted by molar-refractivity contribution is 5.84. The lowest BCUT2D eigenvalue weighted by molar-refractivity contribution is -0.139. The number of hydrogen-bond acceptors (Lipinski definition) is 3. The first-order valence-corrected chi connectivity index (χ1v) is 6.70. The Morgan fingerprint density at radius 3 is 2.48 bits per heavy atom. The van der Waals surface area contributed by atoms with Crippen LogP contribution < -0.4 is 5.73 Å². The van der Waals surface area contributed by atoms with E-state index in [0.29, 0.717) is 12.8 Å². The second kappa shape index (κ2) is 8.06. The molecule has 0 aliphatic rings. The minimum Gasteiger partial charge on any atom is -0.481 e. The van der Waals surface area contributed by atoms with Crippen molar-refractivity contribution in [3.63, 3.8) is 0 Å². The van der Waals surface area contributed by atoms with Crippen LogP contribution in [0.4, 0.5) is 0 Å². The normalized spacial score (nSPS) is 11.5. The number of carboxylic acid groups (broad SMARTS) is 2. The van der Waals surface area contributed by atoms with Crippen LogP contribution in [0, 0.1) is 0 Å². The Balaban J connectivity index is 0.000000315. The first-order valence-electron chi connectivity index (χ1n) is 6.70. The minimum atomic E-state index is -0.972. The molecule has 6 heteroatoms. The molecule has 1 aromatic heterocycles. The predicted octanol–water partition coefficient (Wildman–Crippen LogP) is 1.99. The molecule has 0 spiro atoms. The van der Waals surface area contributed by atoms with E-state index in [1.807, 2.05) is 37.4 Å². The van der Waals surface area contributed by atoms with Crippen molar-refractivity contribution in [3.8, 4) is 0 Å². The molecule has 0 saturated heterocycles. The number of nitrogens with one attached hydrogen (secondary N) is 1. The monoisotopic (exact) mass is 292 g/mol. The summed E-state index contributed by atoms with van der Waals surface area (Å²) in [6.07, 6.45) is 3.18. The Labute approximate surface area is 122 Å². The zero-order chi connectivity index (χ0) is 15.8. The minimum absolute atomic E-state index is 0.292. The number of para-hydroxylation sites is 1. The van der Waals surface area contributed by atoms with E-state index in [1.54, 1.807) is 0 Å². The van der Waals surface area contributed by atoms with Crippen LogP contribution in [0.5, 0.6) is 0 Å². The van der Waals surface area contributed by atoms with E-state index in [2.05, 4.69) is 4.98 Å². The average Bonchev–Trinajstić information content (AvgIpc) is 2.83. The van der Waals surface area contributed by atoms with Gasteiger partial charge in [0.2, 0.25) is 0 Å². The van der Waals surface area contributed by atoms with Crippen molar-refractivity contribution in [2.45, 2.75) is 32.2 Å². The molecular weight excluding hydrogens is 272 g/mol. The van der Waals surface area contributed by atoms with Gasteiger partial charge in [0.05, 0.1) is 0 Å². The summed E-state index contributed by atoms with van der Waals surface area (Å²) < 4.78 is 0. The standard InChI is InChI=1S/C11H12N2O2.C4H8O2/c12-9(11(14)15)5-7-6-13-10-4-2-1-3-8(7)10;1-2-3-4(5)6/h1-4,6,9,13H,5,12H2,(H,14,15);2-3H2,1H3,(H,5,6). The van der Waals surface area contributed by atoms with Crippen LogP contribution in [0.2, 0.25) is 0 Å². The molecule has 5 N–H and O–H groups in total. The molecule has 0 aliphatic carbocycles. The van der Waals surface area contributed by atoms with Crippen molar-refractivity contribution in [1.29, 1.82) is 0 Å². The topological polar surface area (TPSA) is 116 Å². The number of H-pyrrole nitrogens is 1. The highest BCUT2D eigenvalue weighted by atomic mass is 16.4. The molecular formula is C15H20N2O4. The summed E-state index contributed by atoms with van der Waals surface area (Å²) in [5.41, 5.74) is 7.43. The van der Waals surface area contributed by atoms with Gasteiger partial charge in [0.25, 0.3) is 0 Å². The number of carboxylic acids is 2. The van der Waals surface area contributed by atoms with Crippen LogP contribution in [0.15, 0.2) is 30.5 Å². The third-order valence-corrected chi connectivity index (χ3v) is 2.90. The van der Waals surface area contributed by atoms with E-state index in [0.717, 1.165) is 22.9 Å². The van der Waals surface area contributed by atoms with Crippen LogP contribution in [-0.4, -0.2) is 33.2 Å². The van der Waals surface area contributed by atoms with Crippen LogP contribution in [0.25, 0.3) is 10.9 Å². The van der Waals surface area contributed by atoms with Gasteiger partial charge in [-0.3, -0.25) is 9.59 Å². The SMILES string of the molecule is CCCC(=O)O.NC(Cc1c[nH]c2ccccc12)C(=O)O. The Bertz CT molecular complexity index is 606. The van der Waals surface area contributed by atoms with Gasteiger partial charge in [-0.1, -0.05) is 25.1 Å². The first-order chi connectivity index (χ1) is 9.95. The molecule has 1 unspecified atom stereocenters. The van der Waals surface area contributed by atoms with E-state index >= 15 is 0 Å².